The van der Waals surface area contributed by atoms with E-state index in [0.29, 0.717) is 0 Å². The van der Waals surface area contributed by atoms with Gasteiger partial charge in [-0.25, -0.2) is 0 Å². The van der Waals surface area contributed by atoms with Gasteiger partial charge in [0.15, 0.2) is 0 Å². The molecule has 152 valence electrons. The fourth-order valence-electron chi connectivity index (χ4n) is 2.81. The third-order valence-electron chi connectivity index (χ3n) is 3.99. The largest absolute Gasteiger partial charge is 0.496 e. The topological polar surface area (TPSA) is 195 Å². The first-order valence-corrected chi connectivity index (χ1v) is 7.92. The summed E-state index contributed by atoms with van der Waals surface area (Å²) in [7, 11) is 2.30. The highest BCUT2D eigenvalue weighted by Crippen LogP contribution is 2.39. The molecule has 0 aromatic heterocycles. The van der Waals surface area contributed by atoms with Gasteiger partial charge in [-0.15, -0.1) is 0 Å². The summed E-state index contributed by atoms with van der Waals surface area (Å²) in [6, 6.07) is 4.76. The van der Waals surface area contributed by atoms with Gasteiger partial charge in [-0.3, -0.25) is 25.0 Å². The minimum Gasteiger partial charge on any atom is -0.496 e. The van der Waals surface area contributed by atoms with Gasteiger partial charge < -0.3 is 20.5 Å². The van der Waals surface area contributed by atoms with Crippen LogP contribution in [0.5, 0.6) is 11.5 Å². The van der Waals surface area contributed by atoms with E-state index in [1.807, 2.05) is 0 Å². The van der Waals surface area contributed by atoms with Crippen molar-refractivity contribution in [2.75, 3.05) is 14.2 Å². The number of hydrogen-bond donors (Lipinski definition) is 0. The van der Waals surface area contributed by atoms with Gasteiger partial charge in [0, 0.05) is 0 Å². The van der Waals surface area contributed by atoms with Crippen LogP contribution in [0.2, 0.25) is 0 Å². The van der Waals surface area contributed by atoms with Crippen LogP contribution < -0.4 is 9.47 Å². The average molecular weight is 412 g/mol. The Morgan fingerprint density at radius 1 is 0.867 bits per heavy atom. The number of benzene rings is 2. The lowest BCUT2D eigenvalue weighted by Crippen LogP contribution is -2.14. The standard InChI is InChI=1S/C17H12N6O7/c1-29-11-5-3-9(7-20-18)15(22(25)26)13(11)17(24)14-12(30-2)6-4-10(8-21-19)16(14)23(27)28/h3-8H,1-2H3. The van der Waals surface area contributed by atoms with Crippen LogP contribution in [0.3, 0.4) is 0 Å². The molecule has 13 heteroatoms. The number of hydrogen-bond acceptors (Lipinski definition) is 7. The molecule has 0 spiro atoms. The molecule has 2 aromatic rings. The van der Waals surface area contributed by atoms with Crippen LogP contribution in [0.25, 0.3) is 11.1 Å². The Balaban J connectivity index is 3.03. The summed E-state index contributed by atoms with van der Waals surface area (Å²) in [6.07, 6.45) is 1.46. The van der Waals surface area contributed by atoms with Crippen LogP contribution in [0.1, 0.15) is 27.0 Å². The van der Waals surface area contributed by atoms with Crippen molar-refractivity contribution in [3.63, 3.8) is 0 Å². The van der Waals surface area contributed by atoms with E-state index in [2.05, 4.69) is 9.58 Å². The summed E-state index contributed by atoms with van der Waals surface area (Å²) in [5, 5.41) is 23.4. The van der Waals surface area contributed by atoms with Gasteiger partial charge in [0.1, 0.15) is 33.8 Å². The zero-order valence-electron chi connectivity index (χ0n) is 15.5. The van der Waals surface area contributed by atoms with Gasteiger partial charge in [-0.1, -0.05) is 0 Å². The first-order valence-electron chi connectivity index (χ1n) is 7.92. The van der Waals surface area contributed by atoms with Crippen LogP contribution in [0.4, 0.5) is 11.4 Å². The lowest BCUT2D eigenvalue weighted by molar-refractivity contribution is -0.385. The van der Waals surface area contributed by atoms with Crippen molar-refractivity contribution >= 4 is 29.6 Å². The van der Waals surface area contributed by atoms with Crippen molar-refractivity contribution < 1.29 is 33.7 Å². The number of carbonyl (C=O) groups is 1. The van der Waals surface area contributed by atoms with E-state index >= 15 is 0 Å². The van der Waals surface area contributed by atoms with E-state index in [-0.39, 0.29) is 22.6 Å². The number of ether oxygens (including phenoxy) is 2. The third-order valence-corrected chi connectivity index (χ3v) is 3.99. The van der Waals surface area contributed by atoms with Gasteiger partial charge in [0.05, 0.1) is 24.1 Å². The van der Waals surface area contributed by atoms with Gasteiger partial charge >= 0.3 is 0 Å². The van der Waals surface area contributed by atoms with Crippen LogP contribution in [-0.4, -0.2) is 51.9 Å². The van der Waals surface area contributed by atoms with Gasteiger partial charge in [-0.2, -0.15) is 9.58 Å². The van der Waals surface area contributed by atoms with Gasteiger partial charge in [-0.05, 0) is 24.3 Å². The van der Waals surface area contributed by atoms with Crippen LogP contribution >= 0.6 is 0 Å². The Morgan fingerprint density at radius 3 is 1.50 bits per heavy atom. The summed E-state index contributed by atoms with van der Waals surface area (Å²) < 4.78 is 10.1. The Morgan fingerprint density at radius 2 is 1.23 bits per heavy atom. The van der Waals surface area contributed by atoms with E-state index in [9.17, 15) is 25.0 Å². The number of rotatable bonds is 8. The van der Waals surface area contributed by atoms with Crippen molar-refractivity contribution in [3.05, 3.63) is 77.8 Å². The van der Waals surface area contributed by atoms with Gasteiger partial charge in [0.2, 0.25) is 5.78 Å². The van der Waals surface area contributed by atoms with Crippen molar-refractivity contribution in [1.29, 1.82) is 0 Å². The molecule has 0 heterocycles. The molecule has 0 fully saturated rings. The Labute approximate surface area is 167 Å². The lowest BCUT2D eigenvalue weighted by atomic mass is 9.94. The number of nitro benzene ring substituents is 2. The predicted molar refractivity (Wildman–Crippen MR) is 100 cm³/mol. The van der Waals surface area contributed by atoms with Crippen molar-refractivity contribution in [2.24, 2.45) is 0 Å². The molecule has 0 aliphatic carbocycles. The van der Waals surface area contributed by atoms with Crippen molar-refractivity contribution in [1.82, 2.24) is 0 Å². The molecular weight excluding hydrogens is 400 g/mol. The Hall–Kier alpha value is -4.73. The number of methoxy groups -OCH3 is 2. The quantitative estimate of drug-likeness (QED) is 0.158. The van der Waals surface area contributed by atoms with Gasteiger partial charge in [0.25, 0.3) is 23.8 Å². The first kappa shape index (κ1) is 21.6. The molecule has 30 heavy (non-hydrogen) atoms. The molecular formula is C17H12N6O7. The minimum atomic E-state index is -1.16. The molecule has 2 rings (SSSR count). The molecule has 0 bridgehead atoms. The van der Waals surface area contributed by atoms with Crippen molar-refractivity contribution in [3.8, 4) is 11.5 Å². The molecule has 0 atom stereocenters. The molecule has 0 unspecified atom stereocenters. The minimum absolute atomic E-state index is 0.249. The summed E-state index contributed by atoms with van der Waals surface area (Å²) in [4.78, 5) is 40.4. The molecule has 0 aliphatic rings. The highest BCUT2D eigenvalue weighted by Gasteiger charge is 2.37. The maximum absolute atomic E-state index is 13.4. The van der Waals surface area contributed by atoms with Crippen LogP contribution in [0, 0.1) is 20.2 Å². The van der Waals surface area contributed by atoms with E-state index < -0.39 is 38.1 Å². The maximum atomic E-state index is 13.4. The summed E-state index contributed by atoms with van der Waals surface area (Å²) in [5.74, 6) is -1.66. The van der Waals surface area contributed by atoms with Crippen LogP contribution in [-0.2, 0) is 0 Å². The molecule has 0 amide bonds. The molecule has 0 saturated heterocycles. The fraction of sp³-hybridized carbons (Fsp3) is 0.118. The van der Waals surface area contributed by atoms with Crippen molar-refractivity contribution in [2.45, 2.75) is 0 Å². The number of carbonyl (C=O) groups excluding carboxylic acids is 1. The van der Waals surface area contributed by atoms with E-state index in [4.69, 9.17) is 20.5 Å². The fourth-order valence-corrected chi connectivity index (χ4v) is 2.81. The van der Waals surface area contributed by atoms with E-state index in [0.717, 1.165) is 26.6 Å². The molecule has 13 nitrogen and oxygen atoms in total. The summed E-state index contributed by atoms with van der Waals surface area (Å²) in [6.45, 7) is 0. The van der Waals surface area contributed by atoms with Crippen LogP contribution in [0.15, 0.2) is 24.3 Å². The Bertz CT molecular complexity index is 1070. The number of ketones is 1. The maximum Gasteiger partial charge on any atom is 0.298 e. The smallest absolute Gasteiger partial charge is 0.298 e. The number of nitro groups is 2. The first-order chi connectivity index (χ1) is 14.3. The molecule has 0 radical (unpaired) electrons. The molecule has 0 aliphatic heterocycles. The molecule has 0 N–H and O–H groups in total. The third kappa shape index (κ3) is 3.78. The SMILES string of the molecule is COc1ccc(C=[N+]=[N-])c([N+](=O)[O-])c1C(=O)c1c(OC)ccc(C=[N+]=[N-])c1[N+](=O)[O-]. The number of nitrogens with zero attached hydrogens (tertiary/aromatic N) is 6. The normalized spacial score (nSPS) is 9.67. The highest BCUT2D eigenvalue weighted by molar-refractivity contribution is 6.19. The predicted octanol–water partition coefficient (Wildman–Crippen LogP) is 2.05. The second-order valence-electron chi connectivity index (χ2n) is 5.49. The average Bonchev–Trinajstić information content (AvgIpc) is 2.72. The monoisotopic (exact) mass is 412 g/mol. The molecule has 2 aromatic carbocycles. The molecule has 0 saturated carbocycles. The second kappa shape index (κ2) is 8.97. The highest BCUT2D eigenvalue weighted by atomic mass is 16.6. The Kier molecular flexibility index (Phi) is 6.45. The zero-order valence-corrected chi connectivity index (χ0v) is 15.5. The summed E-state index contributed by atoms with van der Waals surface area (Å²) >= 11 is 0. The van der Waals surface area contributed by atoms with E-state index in [1.165, 1.54) is 24.3 Å². The second-order valence-corrected chi connectivity index (χ2v) is 5.49. The lowest BCUT2D eigenvalue weighted by Gasteiger charge is -2.12. The zero-order chi connectivity index (χ0) is 22.4. The van der Waals surface area contributed by atoms with E-state index in [1.54, 1.807) is 0 Å². The summed E-state index contributed by atoms with van der Waals surface area (Å²) in [5.41, 5.74) is 14.2.